The summed E-state index contributed by atoms with van der Waals surface area (Å²) in [7, 11) is 0. The van der Waals surface area contributed by atoms with E-state index in [0.717, 1.165) is 64.8 Å². The van der Waals surface area contributed by atoms with Crippen molar-refractivity contribution in [2.75, 3.05) is 59.2 Å². The number of β-amino-alcohol motifs (C(OH)–C–C–N with tert-alkyl or cyclic N) is 1. The summed E-state index contributed by atoms with van der Waals surface area (Å²) in [6.45, 7) is 7.09. The molecule has 42 heavy (non-hydrogen) atoms. The molecule has 0 bridgehead atoms. The lowest BCUT2D eigenvalue weighted by Crippen LogP contribution is -2.63. The lowest BCUT2D eigenvalue weighted by atomic mass is 9.73. The van der Waals surface area contributed by atoms with Gasteiger partial charge in [0, 0.05) is 38.1 Å². The summed E-state index contributed by atoms with van der Waals surface area (Å²) in [5.41, 5.74) is 0. The van der Waals surface area contributed by atoms with Gasteiger partial charge in [0.15, 0.2) is 0 Å². The number of carbonyl (C=O) groups excluding carboxylic acids is 1. The van der Waals surface area contributed by atoms with Crippen molar-refractivity contribution >= 4 is 17.5 Å². The molecule has 0 aromatic carbocycles. The fraction of sp³-hybridized carbons (Fsp3) is 0.968. The number of aliphatic hydroxyl groups is 1. The Hall–Kier alpha value is -0.560. The first kappa shape index (κ1) is 31.4. The van der Waals surface area contributed by atoms with Crippen LogP contribution in [-0.2, 0) is 14.3 Å². The molecule has 0 radical (unpaired) electrons. The van der Waals surface area contributed by atoms with Crippen molar-refractivity contribution in [3.63, 3.8) is 0 Å². The molecule has 4 heterocycles. The number of alkyl halides is 1. The molecule has 0 spiro atoms. The van der Waals surface area contributed by atoms with E-state index in [2.05, 4.69) is 31.1 Å². The molecule has 1 amide bonds. The molecule has 9 atom stereocenters. The highest BCUT2D eigenvalue weighted by molar-refractivity contribution is 6.21. The number of piperidine rings is 3. The maximum absolute atomic E-state index is 13.4. The van der Waals surface area contributed by atoms with Crippen molar-refractivity contribution in [1.82, 2.24) is 31.1 Å². The van der Waals surface area contributed by atoms with E-state index in [1.54, 1.807) is 0 Å². The average Bonchev–Trinajstić information content (AvgIpc) is 3.51. The SMILES string of the molecule is O=C(NC[C@H](O)CN1CCC2C(CCC(OCC3CNCO3)C2Cl)C1)C1CC(NC2CCC2)NC(N2CCCCC2)C1. The van der Waals surface area contributed by atoms with Gasteiger partial charge in [-0.2, -0.15) is 0 Å². The average molecular weight is 611 g/mol. The van der Waals surface area contributed by atoms with Gasteiger partial charge in [0.05, 0.1) is 49.4 Å². The van der Waals surface area contributed by atoms with Gasteiger partial charge in [-0.3, -0.25) is 25.6 Å². The van der Waals surface area contributed by atoms with Gasteiger partial charge in [0.2, 0.25) is 5.91 Å². The lowest BCUT2D eigenvalue weighted by Gasteiger charge is -2.46. The summed E-state index contributed by atoms with van der Waals surface area (Å²) in [5, 5.41) is 24.9. The second kappa shape index (κ2) is 15.1. The van der Waals surface area contributed by atoms with E-state index in [9.17, 15) is 9.90 Å². The molecule has 240 valence electrons. The number of rotatable bonds is 11. The van der Waals surface area contributed by atoms with E-state index in [0.29, 0.717) is 44.3 Å². The Labute approximate surface area is 257 Å². The number of amides is 1. The Morgan fingerprint density at radius 2 is 1.93 bits per heavy atom. The summed E-state index contributed by atoms with van der Waals surface area (Å²) < 4.78 is 11.8. The van der Waals surface area contributed by atoms with Gasteiger partial charge in [0.25, 0.3) is 0 Å². The molecule has 5 N–H and O–H groups in total. The number of ether oxygens (including phenoxy) is 2. The number of hydrogen-bond donors (Lipinski definition) is 5. The van der Waals surface area contributed by atoms with Crippen LogP contribution in [0, 0.1) is 17.8 Å². The molecular formula is C31H55ClN6O4. The standard InChI is InChI=1S/C31H55ClN6O4/c32-30-26-9-12-37(17-21(26)7-8-27(30)41-19-25-16-33-20-42-25)18-24(39)15-34-31(40)22-13-28(35-23-5-4-6-23)36-29(14-22)38-10-2-1-3-11-38/h21-30,33,35-36,39H,1-20H2,(H,34,40)/t21?,22?,24-,25?,26?,27?,28?,29?,30?/m0/s1. The largest absolute Gasteiger partial charge is 0.390 e. The maximum Gasteiger partial charge on any atom is 0.223 e. The fourth-order valence-corrected chi connectivity index (χ4v) is 8.75. The molecule has 0 aromatic heterocycles. The first-order valence-electron chi connectivity index (χ1n) is 17.0. The lowest BCUT2D eigenvalue weighted by molar-refractivity contribution is -0.128. The monoisotopic (exact) mass is 610 g/mol. The Kier molecular flexibility index (Phi) is 11.3. The van der Waals surface area contributed by atoms with Gasteiger partial charge in [0.1, 0.15) is 0 Å². The van der Waals surface area contributed by atoms with E-state index >= 15 is 0 Å². The predicted octanol–water partition coefficient (Wildman–Crippen LogP) is 1.41. The quantitative estimate of drug-likeness (QED) is 0.222. The molecule has 6 aliphatic rings. The van der Waals surface area contributed by atoms with E-state index in [-0.39, 0.29) is 41.7 Å². The molecule has 11 heteroatoms. The summed E-state index contributed by atoms with van der Waals surface area (Å²) in [4.78, 5) is 18.3. The van der Waals surface area contributed by atoms with Crippen LogP contribution in [0.2, 0.25) is 0 Å². The highest BCUT2D eigenvalue weighted by Crippen LogP contribution is 2.40. The number of nitrogens with zero attached hydrogens (tertiary/aromatic N) is 2. The second-order valence-electron chi connectivity index (χ2n) is 13.9. The highest BCUT2D eigenvalue weighted by atomic mass is 35.5. The van der Waals surface area contributed by atoms with Crippen LogP contribution in [0.1, 0.15) is 70.6 Å². The number of likely N-dealkylation sites (tertiary alicyclic amines) is 2. The molecule has 4 saturated heterocycles. The number of hydrogen-bond acceptors (Lipinski definition) is 9. The van der Waals surface area contributed by atoms with Crippen LogP contribution in [-0.4, -0.2) is 122 Å². The molecule has 2 aliphatic carbocycles. The van der Waals surface area contributed by atoms with Crippen molar-refractivity contribution in [2.45, 2.75) is 113 Å². The van der Waals surface area contributed by atoms with Crippen LogP contribution in [0.25, 0.3) is 0 Å². The van der Waals surface area contributed by atoms with E-state index in [1.807, 2.05) is 0 Å². The Morgan fingerprint density at radius 3 is 2.69 bits per heavy atom. The Balaban J connectivity index is 0.931. The van der Waals surface area contributed by atoms with Crippen LogP contribution in [0.3, 0.4) is 0 Å². The minimum atomic E-state index is -0.569. The van der Waals surface area contributed by atoms with Crippen LogP contribution in [0.4, 0.5) is 0 Å². The molecule has 0 aromatic rings. The van der Waals surface area contributed by atoms with Crippen molar-refractivity contribution in [1.29, 1.82) is 0 Å². The summed E-state index contributed by atoms with van der Waals surface area (Å²) in [5.74, 6) is 1.05. The van der Waals surface area contributed by atoms with Crippen LogP contribution < -0.4 is 21.3 Å². The molecule has 6 rings (SSSR count). The van der Waals surface area contributed by atoms with Gasteiger partial charge in [-0.05, 0) is 89.3 Å². The zero-order valence-electron chi connectivity index (χ0n) is 25.4. The minimum Gasteiger partial charge on any atom is -0.390 e. The van der Waals surface area contributed by atoms with Gasteiger partial charge < -0.3 is 24.8 Å². The number of aliphatic hydroxyl groups excluding tert-OH is 1. The van der Waals surface area contributed by atoms with E-state index < -0.39 is 6.10 Å². The van der Waals surface area contributed by atoms with Gasteiger partial charge in [-0.25, -0.2) is 0 Å². The predicted molar refractivity (Wildman–Crippen MR) is 163 cm³/mol. The summed E-state index contributed by atoms with van der Waals surface area (Å²) in [6, 6.07) is 0.581. The molecule has 10 nitrogen and oxygen atoms in total. The normalized spacial score (nSPS) is 39.4. The van der Waals surface area contributed by atoms with E-state index in [1.165, 1.54) is 38.5 Å². The Bertz CT molecular complexity index is 857. The smallest absolute Gasteiger partial charge is 0.223 e. The topological polar surface area (TPSA) is 110 Å². The summed E-state index contributed by atoms with van der Waals surface area (Å²) >= 11 is 6.95. The first-order chi connectivity index (χ1) is 20.5. The molecule has 8 unspecified atom stereocenters. The number of fused-ring (bicyclic) bond motifs is 1. The minimum absolute atomic E-state index is 0.0332. The molecule has 2 saturated carbocycles. The van der Waals surface area contributed by atoms with Crippen LogP contribution in [0.15, 0.2) is 0 Å². The van der Waals surface area contributed by atoms with Crippen molar-refractivity contribution < 1.29 is 19.4 Å². The maximum atomic E-state index is 13.4. The number of nitrogens with one attached hydrogen (secondary N) is 4. The van der Waals surface area contributed by atoms with Crippen molar-refractivity contribution in [3.05, 3.63) is 0 Å². The first-order valence-corrected chi connectivity index (χ1v) is 17.5. The third-order valence-corrected chi connectivity index (χ3v) is 11.5. The fourth-order valence-electron chi connectivity index (χ4n) is 8.22. The summed E-state index contributed by atoms with van der Waals surface area (Å²) in [6.07, 6.45) is 12.4. The Morgan fingerprint density at radius 1 is 1.07 bits per heavy atom. The van der Waals surface area contributed by atoms with E-state index in [4.69, 9.17) is 21.1 Å². The third-order valence-electron chi connectivity index (χ3n) is 10.9. The second-order valence-corrected chi connectivity index (χ2v) is 14.5. The highest BCUT2D eigenvalue weighted by Gasteiger charge is 2.42. The molecule has 4 aliphatic heterocycles. The van der Waals surface area contributed by atoms with Crippen molar-refractivity contribution in [3.8, 4) is 0 Å². The zero-order valence-corrected chi connectivity index (χ0v) is 26.1. The molecular weight excluding hydrogens is 556 g/mol. The van der Waals surface area contributed by atoms with Gasteiger partial charge >= 0.3 is 0 Å². The van der Waals surface area contributed by atoms with Crippen LogP contribution >= 0.6 is 11.6 Å². The van der Waals surface area contributed by atoms with Gasteiger partial charge in [-0.1, -0.05) is 12.8 Å². The zero-order chi connectivity index (χ0) is 28.9. The van der Waals surface area contributed by atoms with Crippen molar-refractivity contribution in [2.24, 2.45) is 17.8 Å². The van der Waals surface area contributed by atoms with Crippen LogP contribution in [0.5, 0.6) is 0 Å². The number of carbonyl (C=O) groups is 1. The van der Waals surface area contributed by atoms with Gasteiger partial charge in [-0.15, -0.1) is 11.6 Å². The molecule has 6 fully saturated rings. The third kappa shape index (κ3) is 8.17. The number of halogens is 1.